The number of amides is 2. The maximum absolute atomic E-state index is 12.6. The van der Waals surface area contributed by atoms with Crippen LogP contribution in [0.4, 0.5) is 10.5 Å². The minimum Gasteiger partial charge on any atom is -0.337 e. The monoisotopic (exact) mass is 433 g/mol. The Morgan fingerprint density at radius 2 is 1.69 bits per heavy atom. The number of carbonyl (C=O) groups is 1. The lowest BCUT2D eigenvalue weighted by molar-refractivity contribution is 0.157. The van der Waals surface area contributed by atoms with Gasteiger partial charge in [0.1, 0.15) is 0 Å². The molecular weight excluding hydrogens is 405 g/mol. The maximum atomic E-state index is 12.6. The van der Waals surface area contributed by atoms with Crippen molar-refractivity contribution in [1.29, 1.82) is 0 Å². The van der Waals surface area contributed by atoms with Crippen molar-refractivity contribution in [1.82, 2.24) is 10.2 Å². The minimum absolute atomic E-state index is 0.0543. The summed E-state index contributed by atoms with van der Waals surface area (Å²) in [6.45, 7) is 8.14. The Morgan fingerprint density at radius 3 is 2.28 bits per heavy atom. The number of piperidine rings is 1. The standard InChI is InChI=1S/C23H29Cl2N3O/c1-3-10-28-11-8-23(9-12-28,18-6-4-17(2)5-7-18)16-26-22(29)27-21-14-19(24)13-20(25)15-21/h4-7,13-15H,3,8-12,16H2,1-2H3,(H2,26,27,29). The molecule has 1 heterocycles. The van der Waals surface area contributed by atoms with E-state index in [1.54, 1.807) is 18.2 Å². The van der Waals surface area contributed by atoms with Crippen molar-refractivity contribution >= 4 is 34.9 Å². The molecule has 2 amide bonds. The number of hydrogen-bond donors (Lipinski definition) is 2. The van der Waals surface area contributed by atoms with Gasteiger partial charge in [-0.25, -0.2) is 4.79 Å². The Balaban J connectivity index is 1.70. The number of likely N-dealkylation sites (tertiary alicyclic amines) is 1. The largest absolute Gasteiger partial charge is 0.337 e. The number of nitrogens with one attached hydrogen (secondary N) is 2. The first-order chi connectivity index (χ1) is 13.9. The van der Waals surface area contributed by atoms with Crippen LogP contribution in [0.1, 0.15) is 37.3 Å². The topological polar surface area (TPSA) is 44.4 Å². The second kappa shape index (κ2) is 9.84. The summed E-state index contributed by atoms with van der Waals surface area (Å²) in [7, 11) is 0. The summed E-state index contributed by atoms with van der Waals surface area (Å²) in [5, 5.41) is 6.91. The SMILES string of the molecule is CCCN1CCC(CNC(=O)Nc2cc(Cl)cc(Cl)c2)(c2ccc(C)cc2)CC1. The molecule has 2 aromatic rings. The van der Waals surface area contributed by atoms with Crippen molar-refractivity contribution in [3.63, 3.8) is 0 Å². The fraction of sp³-hybridized carbons (Fsp3) is 0.435. The van der Waals surface area contributed by atoms with Gasteiger partial charge in [0.25, 0.3) is 0 Å². The van der Waals surface area contributed by atoms with E-state index < -0.39 is 0 Å². The molecule has 0 atom stereocenters. The summed E-state index contributed by atoms with van der Waals surface area (Å²) in [6, 6.07) is 13.5. The zero-order valence-corrected chi connectivity index (χ0v) is 18.6. The molecule has 29 heavy (non-hydrogen) atoms. The lowest BCUT2D eigenvalue weighted by Crippen LogP contribution is -2.49. The van der Waals surface area contributed by atoms with Gasteiger partial charge < -0.3 is 15.5 Å². The van der Waals surface area contributed by atoms with Crippen molar-refractivity contribution in [2.75, 3.05) is 31.5 Å². The first-order valence-electron chi connectivity index (χ1n) is 10.2. The first-order valence-corrected chi connectivity index (χ1v) is 11.0. The Hall–Kier alpha value is -1.75. The highest BCUT2D eigenvalue weighted by atomic mass is 35.5. The molecule has 1 aliphatic heterocycles. The highest BCUT2D eigenvalue weighted by Crippen LogP contribution is 2.35. The normalized spacial score (nSPS) is 16.4. The molecule has 0 radical (unpaired) electrons. The highest BCUT2D eigenvalue weighted by Gasteiger charge is 2.36. The van der Waals surface area contributed by atoms with Crippen molar-refractivity contribution in [3.8, 4) is 0 Å². The molecule has 2 aromatic carbocycles. The summed E-state index contributed by atoms with van der Waals surface area (Å²) in [5.74, 6) is 0. The van der Waals surface area contributed by atoms with Crippen LogP contribution in [0.2, 0.25) is 10.0 Å². The Morgan fingerprint density at radius 1 is 1.07 bits per heavy atom. The molecule has 4 nitrogen and oxygen atoms in total. The number of benzene rings is 2. The number of anilines is 1. The van der Waals surface area contributed by atoms with Crippen LogP contribution in [0.5, 0.6) is 0 Å². The summed E-state index contributed by atoms with van der Waals surface area (Å²) < 4.78 is 0. The predicted octanol–water partition coefficient (Wildman–Crippen LogP) is 5.87. The number of hydrogen-bond acceptors (Lipinski definition) is 2. The van der Waals surface area contributed by atoms with Crippen LogP contribution < -0.4 is 10.6 Å². The van der Waals surface area contributed by atoms with Crippen LogP contribution in [0.15, 0.2) is 42.5 Å². The second-order valence-electron chi connectivity index (χ2n) is 7.95. The molecule has 1 saturated heterocycles. The Bertz CT molecular complexity index is 810. The third kappa shape index (κ3) is 5.88. The number of nitrogens with zero attached hydrogens (tertiary/aromatic N) is 1. The van der Waals surface area contributed by atoms with E-state index in [0.717, 1.165) is 32.5 Å². The van der Waals surface area contributed by atoms with Crippen LogP contribution in [0, 0.1) is 6.92 Å². The molecule has 3 rings (SSSR count). The second-order valence-corrected chi connectivity index (χ2v) is 8.83. The van der Waals surface area contributed by atoms with Crippen LogP contribution in [-0.4, -0.2) is 37.1 Å². The van der Waals surface area contributed by atoms with Gasteiger partial charge in [-0.15, -0.1) is 0 Å². The Kier molecular flexibility index (Phi) is 7.44. The average molecular weight is 434 g/mol. The Labute approximate surface area is 183 Å². The molecule has 0 spiro atoms. The maximum Gasteiger partial charge on any atom is 0.319 e. The zero-order chi connectivity index (χ0) is 20.9. The van der Waals surface area contributed by atoms with Crippen molar-refractivity contribution in [2.45, 2.75) is 38.5 Å². The first kappa shape index (κ1) is 21.9. The molecule has 6 heteroatoms. The van der Waals surface area contributed by atoms with E-state index in [4.69, 9.17) is 23.2 Å². The van der Waals surface area contributed by atoms with Crippen molar-refractivity contribution in [2.24, 2.45) is 0 Å². The van der Waals surface area contributed by atoms with E-state index in [-0.39, 0.29) is 11.4 Å². The van der Waals surface area contributed by atoms with Crippen LogP contribution in [-0.2, 0) is 5.41 Å². The van der Waals surface area contributed by atoms with Gasteiger partial charge in [-0.05, 0) is 69.6 Å². The van der Waals surface area contributed by atoms with Gasteiger partial charge in [0.15, 0.2) is 0 Å². The van der Waals surface area contributed by atoms with E-state index in [1.807, 2.05) is 0 Å². The summed E-state index contributed by atoms with van der Waals surface area (Å²) in [6.07, 6.45) is 3.22. The van der Waals surface area contributed by atoms with E-state index in [0.29, 0.717) is 22.3 Å². The highest BCUT2D eigenvalue weighted by molar-refractivity contribution is 6.35. The smallest absolute Gasteiger partial charge is 0.319 e. The fourth-order valence-corrected chi connectivity index (χ4v) is 4.57. The molecule has 0 bridgehead atoms. The van der Waals surface area contributed by atoms with Crippen LogP contribution in [0.3, 0.4) is 0 Å². The molecule has 156 valence electrons. The molecule has 1 aliphatic rings. The van der Waals surface area contributed by atoms with E-state index >= 15 is 0 Å². The zero-order valence-electron chi connectivity index (χ0n) is 17.1. The third-order valence-electron chi connectivity index (χ3n) is 5.72. The number of rotatable bonds is 6. The van der Waals surface area contributed by atoms with Crippen molar-refractivity contribution < 1.29 is 4.79 Å². The average Bonchev–Trinajstić information content (AvgIpc) is 2.68. The molecule has 0 aliphatic carbocycles. The molecule has 0 aromatic heterocycles. The molecule has 2 N–H and O–H groups in total. The predicted molar refractivity (Wildman–Crippen MR) is 122 cm³/mol. The van der Waals surface area contributed by atoms with Crippen molar-refractivity contribution in [3.05, 3.63) is 63.6 Å². The molecular formula is C23H29Cl2N3O. The lowest BCUT2D eigenvalue weighted by atomic mass is 9.72. The number of urea groups is 1. The van der Waals surface area contributed by atoms with Gasteiger partial charge in [-0.2, -0.15) is 0 Å². The van der Waals surface area contributed by atoms with Crippen LogP contribution >= 0.6 is 23.2 Å². The summed E-state index contributed by atoms with van der Waals surface area (Å²) >= 11 is 12.1. The van der Waals surface area contributed by atoms with Gasteiger partial charge >= 0.3 is 6.03 Å². The van der Waals surface area contributed by atoms with E-state index in [2.05, 4.69) is 53.6 Å². The number of aryl methyl sites for hydroxylation is 1. The summed E-state index contributed by atoms with van der Waals surface area (Å²) in [4.78, 5) is 15.1. The fourth-order valence-electron chi connectivity index (χ4n) is 4.05. The van der Waals surface area contributed by atoms with Gasteiger partial charge in [-0.3, -0.25) is 0 Å². The minimum atomic E-state index is -0.245. The third-order valence-corrected chi connectivity index (χ3v) is 6.16. The summed E-state index contributed by atoms with van der Waals surface area (Å²) in [5.41, 5.74) is 3.07. The van der Waals surface area contributed by atoms with E-state index in [1.165, 1.54) is 17.5 Å². The van der Waals surface area contributed by atoms with E-state index in [9.17, 15) is 4.79 Å². The molecule has 1 fully saturated rings. The quantitative estimate of drug-likeness (QED) is 0.598. The van der Waals surface area contributed by atoms with Gasteiger partial charge in [-0.1, -0.05) is 60.0 Å². The number of carbonyl (C=O) groups excluding carboxylic acids is 1. The van der Waals surface area contributed by atoms with Gasteiger partial charge in [0, 0.05) is 27.7 Å². The number of halogens is 2. The molecule has 0 saturated carbocycles. The molecule has 0 unspecified atom stereocenters. The van der Waals surface area contributed by atoms with Crippen LogP contribution in [0.25, 0.3) is 0 Å². The van der Waals surface area contributed by atoms with Gasteiger partial charge in [0.05, 0.1) is 0 Å². The van der Waals surface area contributed by atoms with Gasteiger partial charge in [0.2, 0.25) is 0 Å². The lowest BCUT2D eigenvalue weighted by Gasteiger charge is -2.42.